The zero-order valence-corrected chi connectivity index (χ0v) is 16.0. The second-order valence-corrected chi connectivity index (χ2v) is 7.90. The lowest BCUT2D eigenvalue weighted by Crippen LogP contribution is -2.49. The Bertz CT molecular complexity index is 693. The summed E-state index contributed by atoms with van der Waals surface area (Å²) in [6.45, 7) is 7.33. The number of nitrogens with zero attached hydrogens (tertiary/aromatic N) is 2. The highest BCUT2D eigenvalue weighted by atomic mass is 16.2. The van der Waals surface area contributed by atoms with Gasteiger partial charge in [-0.15, -0.1) is 0 Å². The van der Waals surface area contributed by atoms with Gasteiger partial charge in [-0.25, -0.2) is 9.78 Å². The highest BCUT2D eigenvalue weighted by Crippen LogP contribution is 2.33. The van der Waals surface area contributed by atoms with Crippen molar-refractivity contribution in [3.05, 3.63) is 48.5 Å². The summed E-state index contributed by atoms with van der Waals surface area (Å²) < 4.78 is 1.96. The van der Waals surface area contributed by atoms with Gasteiger partial charge in [0.1, 0.15) is 0 Å². The van der Waals surface area contributed by atoms with Crippen LogP contribution < -0.4 is 10.6 Å². The number of carbonyl (C=O) groups is 1. The summed E-state index contributed by atoms with van der Waals surface area (Å²) in [5.74, 6) is 1.86. The van der Waals surface area contributed by atoms with Crippen molar-refractivity contribution in [1.29, 1.82) is 0 Å². The average Bonchev–Trinajstić information content (AvgIpc) is 3.15. The number of imidazole rings is 1. The Hall–Kier alpha value is -2.30. The molecule has 0 spiro atoms. The van der Waals surface area contributed by atoms with Gasteiger partial charge in [0, 0.05) is 30.7 Å². The van der Waals surface area contributed by atoms with Crippen molar-refractivity contribution in [2.75, 3.05) is 0 Å². The number of nitrogens with one attached hydrogen (secondary N) is 2. The number of hydrogen-bond acceptors (Lipinski definition) is 2. The van der Waals surface area contributed by atoms with E-state index in [1.54, 1.807) is 12.5 Å². The number of carbonyl (C=O) groups excluding carboxylic acids is 1. The predicted molar refractivity (Wildman–Crippen MR) is 104 cm³/mol. The van der Waals surface area contributed by atoms with Crippen LogP contribution in [0, 0.1) is 17.8 Å². The largest absolute Gasteiger partial charge is 0.335 e. The summed E-state index contributed by atoms with van der Waals surface area (Å²) in [5.41, 5.74) is 2.15. The van der Waals surface area contributed by atoms with Gasteiger partial charge in [-0.3, -0.25) is 0 Å². The molecule has 1 aromatic heterocycles. The van der Waals surface area contributed by atoms with Gasteiger partial charge in [0.25, 0.3) is 0 Å². The molecular formula is C21H30N4O. The number of aromatic nitrogens is 2. The van der Waals surface area contributed by atoms with Crippen molar-refractivity contribution in [2.45, 2.75) is 52.6 Å². The normalized spacial score (nSPS) is 23.0. The lowest BCUT2D eigenvalue weighted by atomic mass is 9.74. The van der Waals surface area contributed by atoms with E-state index < -0.39 is 0 Å². The van der Waals surface area contributed by atoms with Crippen LogP contribution in [0.2, 0.25) is 0 Å². The van der Waals surface area contributed by atoms with Crippen LogP contribution in [0.5, 0.6) is 0 Å². The second kappa shape index (κ2) is 8.39. The van der Waals surface area contributed by atoms with Crippen molar-refractivity contribution in [1.82, 2.24) is 20.2 Å². The van der Waals surface area contributed by atoms with Crippen LogP contribution in [-0.2, 0) is 6.54 Å². The molecule has 3 atom stereocenters. The third kappa shape index (κ3) is 4.65. The molecule has 1 fully saturated rings. The standard InChI is InChI=1S/C21H30N4O/c1-15(2)19-9-4-16(3)12-20(19)24-21(26)23-13-17-5-7-18(8-6-17)25-11-10-22-14-25/h5-8,10-11,14-16,19-20H,4,9,12-13H2,1-3H3,(H2,23,24,26)/t16-,19+,20-/m1/s1. The molecule has 0 unspecified atom stereocenters. The van der Waals surface area contributed by atoms with Gasteiger partial charge in [-0.05, 0) is 48.3 Å². The molecule has 140 valence electrons. The first kappa shape index (κ1) is 18.5. The molecule has 26 heavy (non-hydrogen) atoms. The molecule has 0 aliphatic heterocycles. The monoisotopic (exact) mass is 354 g/mol. The first-order chi connectivity index (χ1) is 12.5. The van der Waals surface area contributed by atoms with Crippen LogP contribution in [-0.4, -0.2) is 21.6 Å². The van der Waals surface area contributed by atoms with Crippen molar-refractivity contribution in [3.63, 3.8) is 0 Å². The topological polar surface area (TPSA) is 59.0 Å². The Morgan fingerprint density at radius 1 is 1.27 bits per heavy atom. The minimum Gasteiger partial charge on any atom is -0.335 e. The predicted octanol–water partition coefficient (Wildman–Crippen LogP) is 4.13. The molecule has 1 heterocycles. The Balaban J connectivity index is 1.51. The molecule has 3 rings (SSSR count). The number of urea groups is 1. The molecule has 2 N–H and O–H groups in total. The SMILES string of the molecule is CC(C)[C@@H]1CC[C@@H](C)C[C@H]1NC(=O)NCc1ccc(-n2ccnc2)cc1. The summed E-state index contributed by atoms with van der Waals surface area (Å²) in [5, 5.41) is 6.23. The van der Waals surface area contributed by atoms with E-state index in [2.05, 4.69) is 36.4 Å². The Morgan fingerprint density at radius 3 is 2.69 bits per heavy atom. The zero-order valence-electron chi connectivity index (χ0n) is 16.0. The first-order valence-electron chi connectivity index (χ1n) is 9.64. The van der Waals surface area contributed by atoms with Crippen molar-refractivity contribution >= 4 is 6.03 Å². The van der Waals surface area contributed by atoms with E-state index >= 15 is 0 Å². The number of rotatable bonds is 5. The van der Waals surface area contributed by atoms with Crippen LogP contribution >= 0.6 is 0 Å². The second-order valence-electron chi connectivity index (χ2n) is 7.90. The molecule has 0 radical (unpaired) electrons. The molecule has 5 nitrogen and oxygen atoms in total. The molecule has 1 saturated carbocycles. The van der Waals surface area contributed by atoms with Crippen LogP contribution in [0.3, 0.4) is 0 Å². The third-order valence-electron chi connectivity index (χ3n) is 5.53. The van der Waals surface area contributed by atoms with Gasteiger partial charge in [0.2, 0.25) is 0 Å². The van der Waals surface area contributed by atoms with Gasteiger partial charge in [-0.1, -0.05) is 39.3 Å². The summed E-state index contributed by atoms with van der Waals surface area (Å²) >= 11 is 0. The fourth-order valence-electron chi connectivity index (χ4n) is 3.97. The molecule has 0 bridgehead atoms. The molecule has 5 heteroatoms. The number of benzene rings is 1. The minimum absolute atomic E-state index is 0.0616. The lowest BCUT2D eigenvalue weighted by Gasteiger charge is -2.37. The molecular weight excluding hydrogens is 324 g/mol. The smallest absolute Gasteiger partial charge is 0.315 e. The highest BCUT2D eigenvalue weighted by molar-refractivity contribution is 5.74. The first-order valence-corrected chi connectivity index (χ1v) is 9.64. The summed E-state index contributed by atoms with van der Waals surface area (Å²) in [7, 11) is 0. The van der Waals surface area contributed by atoms with E-state index in [0.717, 1.165) is 17.7 Å². The maximum absolute atomic E-state index is 12.4. The van der Waals surface area contributed by atoms with Crippen LogP contribution in [0.1, 0.15) is 45.6 Å². The molecule has 2 aromatic rings. The fraction of sp³-hybridized carbons (Fsp3) is 0.524. The van der Waals surface area contributed by atoms with Crippen molar-refractivity contribution in [2.24, 2.45) is 17.8 Å². The molecule has 1 aliphatic rings. The van der Waals surface area contributed by atoms with Crippen LogP contribution in [0.15, 0.2) is 43.0 Å². The van der Waals surface area contributed by atoms with E-state index in [9.17, 15) is 4.79 Å². The summed E-state index contributed by atoms with van der Waals surface area (Å²) in [6.07, 6.45) is 9.01. The molecule has 2 amide bonds. The van der Waals surface area contributed by atoms with E-state index in [0.29, 0.717) is 24.3 Å². The Labute approximate surface area is 156 Å². The quantitative estimate of drug-likeness (QED) is 0.848. The van der Waals surface area contributed by atoms with Crippen LogP contribution in [0.4, 0.5) is 4.79 Å². The van der Waals surface area contributed by atoms with E-state index in [4.69, 9.17) is 0 Å². The highest BCUT2D eigenvalue weighted by Gasteiger charge is 2.31. The summed E-state index contributed by atoms with van der Waals surface area (Å²) in [4.78, 5) is 16.4. The molecule has 0 saturated heterocycles. The van der Waals surface area contributed by atoms with E-state index in [1.165, 1.54) is 12.8 Å². The van der Waals surface area contributed by atoms with E-state index in [-0.39, 0.29) is 12.1 Å². The van der Waals surface area contributed by atoms with Gasteiger partial charge in [0.05, 0.1) is 6.33 Å². The van der Waals surface area contributed by atoms with Crippen molar-refractivity contribution < 1.29 is 4.79 Å². The van der Waals surface area contributed by atoms with Gasteiger partial charge in [0.15, 0.2) is 0 Å². The van der Waals surface area contributed by atoms with Crippen LogP contribution in [0.25, 0.3) is 5.69 Å². The molecule has 1 aromatic carbocycles. The zero-order chi connectivity index (χ0) is 18.5. The van der Waals surface area contributed by atoms with Gasteiger partial charge in [-0.2, -0.15) is 0 Å². The van der Waals surface area contributed by atoms with Crippen molar-refractivity contribution in [3.8, 4) is 5.69 Å². The number of amides is 2. The maximum atomic E-state index is 12.4. The Kier molecular flexibility index (Phi) is 5.96. The Morgan fingerprint density at radius 2 is 2.04 bits per heavy atom. The average molecular weight is 354 g/mol. The van der Waals surface area contributed by atoms with Gasteiger partial charge < -0.3 is 15.2 Å². The maximum Gasteiger partial charge on any atom is 0.315 e. The van der Waals surface area contributed by atoms with Gasteiger partial charge >= 0.3 is 6.03 Å². The summed E-state index contributed by atoms with van der Waals surface area (Å²) in [6, 6.07) is 8.36. The lowest BCUT2D eigenvalue weighted by molar-refractivity contribution is 0.168. The number of hydrogen-bond donors (Lipinski definition) is 2. The fourth-order valence-corrected chi connectivity index (χ4v) is 3.97. The minimum atomic E-state index is -0.0616. The third-order valence-corrected chi connectivity index (χ3v) is 5.53. The molecule has 1 aliphatic carbocycles. The van der Waals surface area contributed by atoms with E-state index in [1.807, 2.05) is 35.0 Å².